The molecule has 0 unspecified atom stereocenters. The highest BCUT2D eigenvalue weighted by Crippen LogP contribution is 2.26. The fourth-order valence-electron chi connectivity index (χ4n) is 3.62. The number of ether oxygens (including phenoxy) is 1. The second-order valence-corrected chi connectivity index (χ2v) is 9.92. The first-order chi connectivity index (χ1) is 14.4. The maximum atomic E-state index is 12.2. The molecule has 3 aromatic rings. The maximum absolute atomic E-state index is 12.2. The van der Waals surface area contributed by atoms with E-state index in [4.69, 9.17) is 4.74 Å². The molecular weight excluding hydrogens is 404 g/mol. The van der Waals surface area contributed by atoms with Gasteiger partial charge in [0, 0.05) is 14.1 Å². The van der Waals surface area contributed by atoms with Crippen LogP contribution in [-0.2, 0) is 10.0 Å². The number of H-pyrrole nitrogens is 2. The van der Waals surface area contributed by atoms with Gasteiger partial charge in [0.05, 0.1) is 23.5 Å². The van der Waals surface area contributed by atoms with Crippen LogP contribution in [0.15, 0.2) is 35.5 Å². The number of rotatable bonds is 7. The zero-order valence-corrected chi connectivity index (χ0v) is 18.0. The van der Waals surface area contributed by atoms with Crippen molar-refractivity contribution in [3.63, 3.8) is 0 Å². The number of hydrogen-bond donors (Lipinski definition) is 2. The highest BCUT2D eigenvalue weighted by atomic mass is 32.2. The van der Waals surface area contributed by atoms with Crippen LogP contribution in [0.3, 0.4) is 0 Å². The van der Waals surface area contributed by atoms with Gasteiger partial charge in [-0.2, -0.15) is 0 Å². The van der Waals surface area contributed by atoms with Crippen LogP contribution >= 0.6 is 0 Å². The summed E-state index contributed by atoms with van der Waals surface area (Å²) in [6.45, 7) is 0.658. The quantitative estimate of drug-likeness (QED) is 0.594. The summed E-state index contributed by atoms with van der Waals surface area (Å²) >= 11 is 0. The lowest BCUT2D eigenvalue weighted by molar-refractivity contribution is -0.380. The summed E-state index contributed by atoms with van der Waals surface area (Å²) in [5.41, 5.74) is 1.97. The predicted octanol–water partition coefficient (Wildman–Crippen LogP) is 2.73. The molecule has 0 spiro atoms. The molecule has 1 aromatic carbocycles. The molecule has 1 saturated carbocycles. The van der Waals surface area contributed by atoms with Gasteiger partial charge in [0.1, 0.15) is 0 Å². The van der Waals surface area contributed by atoms with E-state index in [1.165, 1.54) is 50.5 Å². The number of nitrogens with zero attached hydrogens (tertiary/aromatic N) is 3. The number of aromatic nitrogens is 4. The van der Waals surface area contributed by atoms with E-state index < -0.39 is 10.0 Å². The minimum absolute atomic E-state index is 0.231. The first-order valence-corrected chi connectivity index (χ1v) is 11.6. The molecule has 0 atom stereocenters. The average molecular weight is 432 g/mol. The Labute approximate surface area is 176 Å². The highest BCUT2D eigenvalue weighted by molar-refractivity contribution is 7.89. The number of imidazole rings is 1. The molecule has 30 heavy (non-hydrogen) atoms. The van der Waals surface area contributed by atoms with Gasteiger partial charge in [0.25, 0.3) is 11.5 Å². The van der Waals surface area contributed by atoms with Gasteiger partial charge in [-0.05, 0) is 48.0 Å². The van der Waals surface area contributed by atoms with E-state index in [1.54, 1.807) is 30.6 Å². The fraction of sp³-hybridized carbons (Fsp3) is 0.450. The number of benzene rings is 1. The lowest BCUT2D eigenvalue weighted by Gasteiger charge is -2.21. The summed E-state index contributed by atoms with van der Waals surface area (Å²) in [5, 5.41) is 3.16. The average Bonchev–Trinajstić information content (AvgIpc) is 3.22. The first-order valence-electron chi connectivity index (χ1n) is 10.1. The molecule has 1 aliphatic rings. The largest absolute Gasteiger partial charge is 0.466 e. The second kappa shape index (κ2) is 8.57. The van der Waals surface area contributed by atoms with Crippen molar-refractivity contribution in [1.29, 1.82) is 0 Å². The number of nitrogens with one attached hydrogen (secondary N) is 3. The molecule has 3 N–H and O–H groups in total. The molecule has 1 fully saturated rings. The van der Waals surface area contributed by atoms with E-state index >= 15 is 0 Å². The smallest absolute Gasteiger partial charge is 0.399 e. The van der Waals surface area contributed by atoms with Crippen LogP contribution in [0.5, 0.6) is 5.88 Å². The molecular formula is C20H27N6O3S+. The predicted molar refractivity (Wildman–Crippen MR) is 113 cm³/mol. The molecule has 2 aromatic heterocycles. The zero-order valence-electron chi connectivity index (χ0n) is 17.2. The van der Waals surface area contributed by atoms with Gasteiger partial charge in [-0.1, -0.05) is 19.3 Å². The van der Waals surface area contributed by atoms with Crippen LogP contribution in [0.1, 0.15) is 32.1 Å². The van der Waals surface area contributed by atoms with E-state index in [2.05, 4.69) is 25.3 Å². The number of sulfonamides is 1. The third-order valence-corrected chi connectivity index (χ3v) is 7.21. The third-order valence-electron chi connectivity index (χ3n) is 5.38. The van der Waals surface area contributed by atoms with Crippen molar-refractivity contribution in [2.24, 2.45) is 5.92 Å². The Morgan fingerprint density at radius 3 is 2.63 bits per heavy atom. The first kappa shape index (κ1) is 20.5. The Balaban J connectivity index is 1.53. The lowest BCUT2D eigenvalue weighted by atomic mass is 9.90. The second-order valence-electron chi connectivity index (χ2n) is 7.77. The van der Waals surface area contributed by atoms with Gasteiger partial charge >= 0.3 is 5.95 Å². The van der Waals surface area contributed by atoms with Crippen molar-refractivity contribution in [3.05, 3.63) is 30.6 Å². The van der Waals surface area contributed by atoms with E-state index in [0.717, 1.165) is 5.52 Å². The fourth-order valence-corrected chi connectivity index (χ4v) is 4.52. The van der Waals surface area contributed by atoms with Crippen molar-refractivity contribution in [2.45, 2.75) is 37.0 Å². The Kier molecular flexibility index (Phi) is 5.87. The Bertz CT molecular complexity index is 1110. The standard InChI is InChI=1S/C20H26N6O3S/c1-26(2)30(27,28)16-10-8-15(9-11-16)23-20-24-18-17(21-13-22-18)19(25-20)29-12-14-6-4-3-5-7-14/h8-11,13-14H,3-7,12H2,1-2H3,(H2,21,22,23,24,25)/p+1. The minimum atomic E-state index is -3.46. The molecule has 4 rings (SSSR count). The van der Waals surface area contributed by atoms with Crippen molar-refractivity contribution >= 4 is 32.8 Å². The van der Waals surface area contributed by atoms with Crippen molar-refractivity contribution in [1.82, 2.24) is 19.3 Å². The van der Waals surface area contributed by atoms with E-state index in [0.29, 0.717) is 35.7 Å². The summed E-state index contributed by atoms with van der Waals surface area (Å²) in [5.74, 6) is 1.63. The molecule has 10 heteroatoms. The van der Waals surface area contributed by atoms with Crippen LogP contribution in [0, 0.1) is 5.92 Å². The molecule has 0 radical (unpaired) electrons. The summed E-state index contributed by atoms with van der Waals surface area (Å²) in [4.78, 5) is 15.2. The zero-order chi connectivity index (χ0) is 21.1. The Morgan fingerprint density at radius 1 is 1.20 bits per heavy atom. The monoisotopic (exact) mass is 431 g/mol. The minimum Gasteiger partial charge on any atom is -0.466 e. The van der Waals surface area contributed by atoms with Gasteiger partial charge in [-0.25, -0.2) is 28.0 Å². The molecule has 0 amide bonds. The van der Waals surface area contributed by atoms with E-state index in [9.17, 15) is 8.42 Å². The van der Waals surface area contributed by atoms with Crippen molar-refractivity contribution in [3.8, 4) is 5.88 Å². The SMILES string of the molecule is CN(C)S(=O)(=O)c1ccc(Nc2nc3nc[nH]c3c(OCC3CCCCC3)[nH+]2)cc1. The Morgan fingerprint density at radius 2 is 1.93 bits per heavy atom. The topological polar surface area (TPSA) is 114 Å². The van der Waals surface area contributed by atoms with Crippen LogP contribution in [0.25, 0.3) is 11.2 Å². The Hall–Kier alpha value is -2.72. The summed E-state index contributed by atoms with van der Waals surface area (Å²) in [6.07, 6.45) is 7.82. The number of anilines is 2. The van der Waals surface area contributed by atoms with Crippen LogP contribution in [0.4, 0.5) is 11.6 Å². The number of fused-ring (bicyclic) bond motifs is 1. The summed E-state index contributed by atoms with van der Waals surface area (Å²) in [6, 6.07) is 6.52. The maximum Gasteiger partial charge on any atom is 0.399 e. The van der Waals surface area contributed by atoms with Crippen molar-refractivity contribution < 1.29 is 18.1 Å². The van der Waals surface area contributed by atoms with Gasteiger partial charge in [-0.15, -0.1) is 0 Å². The van der Waals surface area contributed by atoms with Crippen LogP contribution in [0.2, 0.25) is 0 Å². The van der Waals surface area contributed by atoms with E-state index in [-0.39, 0.29) is 4.90 Å². The number of hydrogen-bond acceptors (Lipinski definition) is 6. The van der Waals surface area contributed by atoms with Crippen LogP contribution < -0.4 is 15.0 Å². The van der Waals surface area contributed by atoms with Gasteiger partial charge in [0.15, 0.2) is 5.52 Å². The summed E-state index contributed by atoms with van der Waals surface area (Å²) < 4.78 is 31.7. The molecule has 1 aliphatic carbocycles. The molecule has 0 saturated heterocycles. The normalized spacial score (nSPS) is 15.6. The van der Waals surface area contributed by atoms with Gasteiger partial charge in [-0.3, -0.25) is 0 Å². The molecule has 9 nitrogen and oxygen atoms in total. The third kappa shape index (κ3) is 4.39. The number of aromatic amines is 2. The highest BCUT2D eigenvalue weighted by Gasteiger charge is 2.21. The van der Waals surface area contributed by atoms with Gasteiger partial charge < -0.3 is 9.72 Å². The van der Waals surface area contributed by atoms with E-state index in [1.807, 2.05) is 0 Å². The summed E-state index contributed by atoms with van der Waals surface area (Å²) in [7, 11) is -0.448. The molecule has 160 valence electrons. The molecule has 0 aliphatic heterocycles. The van der Waals surface area contributed by atoms with Gasteiger partial charge in [0.2, 0.25) is 10.0 Å². The van der Waals surface area contributed by atoms with Crippen LogP contribution in [-0.4, -0.2) is 48.4 Å². The molecule has 2 heterocycles. The molecule has 0 bridgehead atoms. The van der Waals surface area contributed by atoms with Crippen molar-refractivity contribution in [2.75, 3.05) is 26.0 Å². The lowest BCUT2D eigenvalue weighted by Crippen LogP contribution is -2.22.